The van der Waals surface area contributed by atoms with Gasteiger partial charge >= 0.3 is 12.1 Å². The smallest absolute Gasteiger partial charge is 0.410 e. The quantitative estimate of drug-likeness (QED) is 0.930. The molecule has 3 unspecified atom stereocenters. The third-order valence-corrected chi connectivity index (χ3v) is 4.12. The summed E-state index contributed by atoms with van der Waals surface area (Å²) in [7, 11) is 0. The number of rotatable bonds is 3. The molecule has 1 amide bonds. The number of carboxylic acids is 1. The molecule has 5 heteroatoms. The fraction of sp³-hybridized carbons (Fsp3) is 0.500. The SMILES string of the molecule is CC1CCC(C(=O)O)C(C)N1C(=O)OCc1ccccc1. The lowest BCUT2D eigenvalue weighted by molar-refractivity contribution is -0.145. The van der Waals surface area contributed by atoms with Crippen LogP contribution in [0.4, 0.5) is 4.79 Å². The number of likely N-dealkylation sites (tertiary alicyclic amines) is 1. The highest BCUT2D eigenvalue weighted by Gasteiger charge is 2.39. The van der Waals surface area contributed by atoms with E-state index in [0.29, 0.717) is 12.8 Å². The first-order chi connectivity index (χ1) is 10.0. The van der Waals surface area contributed by atoms with Crippen molar-refractivity contribution in [2.75, 3.05) is 0 Å². The topological polar surface area (TPSA) is 66.8 Å². The average molecular weight is 291 g/mol. The molecule has 0 radical (unpaired) electrons. The molecule has 0 spiro atoms. The second-order valence-corrected chi connectivity index (χ2v) is 5.56. The minimum Gasteiger partial charge on any atom is -0.481 e. The molecule has 1 aliphatic rings. The van der Waals surface area contributed by atoms with Crippen LogP contribution in [0, 0.1) is 5.92 Å². The fourth-order valence-corrected chi connectivity index (χ4v) is 2.87. The van der Waals surface area contributed by atoms with Crippen LogP contribution in [0.1, 0.15) is 32.3 Å². The number of piperidine rings is 1. The van der Waals surface area contributed by atoms with E-state index in [1.54, 1.807) is 11.8 Å². The van der Waals surface area contributed by atoms with Crippen molar-refractivity contribution in [2.45, 2.75) is 45.4 Å². The van der Waals surface area contributed by atoms with E-state index in [4.69, 9.17) is 4.74 Å². The molecule has 5 nitrogen and oxygen atoms in total. The van der Waals surface area contributed by atoms with Gasteiger partial charge in [0.2, 0.25) is 0 Å². The fourth-order valence-electron chi connectivity index (χ4n) is 2.87. The number of carbonyl (C=O) groups is 2. The van der Waals surface area contributed by atoms with Crippen LogP contribution in [0.2, 0.25) is 0 Å². The Balaban J connectivity index is 2.00. The van der Waals surface area contributed by atoms with Gasteiger partial charge in [-0.25, -0.2) is 4.79 Å². The Bertz CT molecular complexity index is 502. The van der Waals surface area contributed by atoms with Crippen molar-refractivity contribution in [3.05, 3.63) is 35.9 Å². The highest BCUT2D eigenvalue weighted by Crippen LogP contribution is 2.29. The number of benzene rings is 1. The number of carbonyl (C=O) groups excluding carboxylic acids is 1. The molecule has 1 heterocycles. The Hall–Kier alpha value is -2.04. The Morgan fingerprint density at radius 3 is 2.52 bits per heavy atom. The number of carboxylic acid groups (broad SMARTS) is 1. The predicted octanol–water partition coefficient (Wildman–Crippen LogP) is 2.90. The van der Waals surface area contributed by atoms with Crippen LogP contribution < -0.4 is 0 Å². The normalized spacial score (nSPS) is 25.4. The molecule has 3 atom stereocenters. The molecule has 1 N–H and O–H groups in total. The van der Waals surface area contributed by atoms with E-state index >= 15 is 0 Å². The highest BCUT2D eigenvalue weighted by molar-refractivity contribution is 5.74. The van der Waals surface area contributed by atoms with Crippen molar-refractivity contribution >= 4 is 12.1 Å². The lowest BCUT2D eigenvalue weighted by Crippen LogP contribution is -2.53. The van der Waals surface area contributed by atoms with Crippen LogP contribution in [-0.2, 0) is 16.1 Å². The zero-order valence-electron chi connectivity index (χ0n) is 12.4. The summed E-state index contributed by atoms with van der Waals surface area (Å²) in [6.45, 7) is 3.91. The Kier molecular flexibility index (Phi) is 4.83. The molecule has 0 aliphatic carbocycles. The van der Waals surface area contributed by atoms with Crippen LogP contribution in [-0.4, -0.2) is 34.2 Å². The average Bonchev–Trinajstić information content (AvgIpc) is 2.46. The maximum atomic E-state index is 12.3. The van der Waals surface area contributed by atoms with E-state index in [0.717, 1.165) is 5.56 Å². The third-order valence-electron chi connectivity index (χ3n) is 4.12. The zero-order chi connectivity index (χ0) is 15.4. The molecule has 0 aromatic heterocycles. The Morgan fingerprint density at radius 1 is 1.24 bits per heavy atom. The van der Waals surface area contributed by atoms with Crippen molar-refractivity contribution < 1.29 is 19.4 Å². The minimum atomic E-state index is -0.852. The molecule has 114 valence electrons. The molecule has 1 aromatic rings. The first-order valence-electron chi connectivity index (χ1n) is 7.22. The molecular formula is C16H21NO4. The van der Waals surface area contributed by atoms with E-state index in [1.807, 2.05) is 37.3 Å². The summed E-state index contributed by atoms with van der Waals surface area (Å²) < 4.78 is 5.33. The molecular weight excluding hydrogens is 270 g/mol. The van der Waals surface area contributed by atoms with E-state index < -0.39 is 18.0 Å². The first-order valence-corrected chi connectivity index (χ1v) is 7.22. The van der Waals surface area contributed by atoms with Gasteiger partial charge in [0.05, 0.1) is 5.92 Å². The summed E-state index contributed by atoms with van der Waals surface area (Å²) in [5.41, 5.74) is 0.915. The standard InChI is InChI=1S/C16H21NO4/c1-11-8-9-14(15(18)19)12(2)17(11)16(20)21-10-13-6-4-3-5-7-13/h3-7,11-12,14H,8-10H2,1-2H3,(H,18,19). The lowest BCUT2D eigenvalue weighted by Gasteiger charge is -2.41. The molecule has 1 fully saturated rings. The van der Waals surface area contributed by atoms with Gasteiger partial charge in [0.1, 0.15) is 6.61 Å². The predicted molar refractivity (Wildman–Crippen MR) is 77.7 cm³/mol. The molecule has 1 aromatic carbocycles. The van der Waals surface area contributed by atoms with Gasteiger partial charge in [-0.15, -0.1) is 0 Å². The van der Waals surface area contributed by atoms with Crippen LogP contribution >= 0.6 is 0 Å². The number of nitrogens with zero attached hydrogens (tertiary/aromatic N) is 1. The van der Waals surface area contributed by atoms with E-state index in [1.165, 1.54) is 0 Å². The van der Waals surface area contributed by atoms with Crippen LogP contribution in [0.25, 0.3) is 0 Å². The molecule has 0 saturated carbocycles. The summed E-state index contributed by atoms with van der Waals surface area (Å²) in [5.74, 6) is -1.37. The van der Waals surface area contributed by atoms with E-state index in [9.17, 15) is 14.7 Å². The summed E-state index contributed by atoms with van der Waals surface area (Å²) in [6, 6.07) is 9.09. The Labute approximate surface area is 124 Å². The van der Waals surface area contributed by atoms with Gasteiger partial charge in [0.25, 0.3) is 0 Å². The monoisotopic (exact) mass is 291 g/mol. The van der Waals surface area contributed by atoms with Gasteiger partial charge in [-0.05, 0) is 32.3 Å². The molecule has 21 heavy (non-hydrogen) atoms. The summed E-state index contributed by atoms with van der Waals surface area (Å²) >= 11 is 0. The zero-order valence-corrected chi connectivity index (χ0v) is 12.4. The van der Waals surface area contributed by atoms with Crippen molar-refractivity contribution in [3.8, 4) is 0 Å². The largest absolute Gasteiger partial charge is 0.481 e. The van der Waals surface area contributed by atoms with Crippen LogP contribution in [0.15, 0.2) is 30.3 Å². The maximum Gasteiger partial charge on any atom is 0.410 e. The maximum absolute atomic E-state index is 12.3. The molecule has 1 aliphatic heterocycles. The third kappa shape index (κ3) is 3.54. The number of amides is 1. The van der Waals surface area contributed by atoms with Gasteiger partial charge in [0, 0.05) is 12.1 Å². The minimum absolute atomic E-state index is 0.00104. The van der Waals surface area contributed by atoms with Crippen LogP contribution in [0.3, 0.4) is 0 Å². The number of hydrogen-bond donors (Lipinski definition) is 1. The van der Waals surface area contributed by atoms with E-state index in [-0.39, 0.29) is 18.7 Å². The van der Waals surface area contributed by atoms with Crippen molar-refractivity contribution in [1.82, 2.24) is 4.90 Å². The molecule has 2 rings (SSSR count). The molecule has 0 bridgehead atoms. The van der Waals surface area contributed by atoms with Gasteiger partial charge < -0.3 is 14.7 Å². The summed E-state index contributed by atoms with van der Waals surface area (Å²) in [5, 5.41) is 9.22. The van der Waals surface area contributed by atoms with Crippen LogP contribution in [0.5, 0.6) is 0 Å². The van der Waals surface area contributed by atoms with Crippen molar-refractivity contribution in [3.63, 3.8) is 0 Å². The second kappa shape index (κ2) is 6.61. The summed E-state index contributed by atoms with van der Waals surface area (Å²) in [4.78, 5) is 25.1. The van der Waals surface area contributed by atoms with Crippen molar-refractivity contribution in [2.24, 2.45) is 5.92 Å². The summed E-state index contributed by atoms with van der Waals surface area (Å²) in [6.07, 6.45) is 0.840. The van der Waals surface area contributed by atoms with Gasteiger partial charge in [-0.1, -0.05) is 30.3 Å². The first kappa shape index (κ1) is 15.4. The van der Waals surface area contributed by atoms with Gasteiger partial charge in [-0.2, -0.15) is 0 Å². The second-order valence-electron chi connectivity index (χ2n) is 5.56. The van der Waals surface area contributed by atoms with E-state index in [2.05, 4.69) is 0 Å². The number of aliphatic carboxylic acids is 1. The number of ether oxygens (including phenoxy) is 1. The molecule has 1 saturated heterocycles. The lowest BCUT2D eigenvalue weighted by atomic mass is 9.87. The van der Waals surface area contributed by atoms with Gasteiger partial charge in [-0.3, -0.25) is 4.79 Å². The Morgan fingerprint density at radius 2 is 1.90 bits per heavy atom. The highest BCUT2D eigenvalue weighted by atomic mass is 16.6. The van der Waals surface area contributed by atoms with Gasteiger partial charge in [0.15, 0.2) is 0 Å². The number of hydrogen-bond acceptors (Lipinski definition) is 3. The van der Waals surface area contributed by atoms with Crippen molar-refractivity contribution in [1.29, 1.82) is 0 Å².